The minimum absolute atomic E-state index is 0.0535. The van der Waals surface area contributed by atoms with Crippen molar-refractivity contribution in [1.29, 1.82) is 0 Å². The lowest BCUT2D eigenvalue weighted by Crippen LogP contribution is -2.50. The number of carbonyl (C=O) groups is 2. The summed E-state index contributed by atoms with van der Waals surface area (Å²) < 4.78 is 57.9. The molecule has 0 unspecified atom stereocenters. The molecule has 0 saturated carbocycles. The number of aromatic nitrogens is 1. The van der Waals surface area contributed by atoms with Crippen molar-refractivity contribution in [3.05, 3.63) is 119 Å². The number of para-hydroxylation sites is 2. The molecule has 0 saturated heterocycles. The average Bonchev–Trinajstić information content (AvgIpc) is 2.94. The minimum atomic E-state index is -4.75. The standard InChI is InChI=1S/C30H25ClF4N4O3/c1-19(40)37-24-12-5-6-13-25(24)38-28(41)39-29(17-20-8-3-2-4-9-20,26-15-14-22(31)18-36-26)21-10-7-11-23(16-21)42-30(34,35)27(32)33/h2-16,18,27H,17H2,1H3,(H,37,40)(H2,38,39,41)/t29-/m0/s1. The zero-order valence-corrected chi connectivity index (χ0v) is 22.8. The summed E-state index contributed by atoms with van der Waals surface area (Å²) in [5, 5.41) is 8.55. The van der Waals surface area contributed by atoms with Crippen molar-refractivity contribution in [1.82, 2.24) is 10.3 Å². The lowest BCUT2D eigenvalue weighted by Gasteiger charge is -2.36. The molecule has 0 spiro atoms. The van der Waals surface area contributed by atoms with E-state index in [4.69, 9.17) is 11.6 Å². The van der Waals surface area contributed by atoms with Crippen molar-refractivity contribution >= 4 is 34.9 Å². The van der Waals surface area contributed by atoms with Crippen molar-refractivity contribution < 1.29 is 31.9 Å². The van der Waals surface area contributed by atoms with Gasteiger partial charge in [-0.25, -0.2) is 4.79 Å². The van der Waals surface area contributed by atoms with Gasteiger partial charge in [0.15, 0.2) is 0 Å². The maximum absolute atomic E-state index is 13.8. The Bertz CT molecular complexity index is 1540. The summed E-state index contributed by atoms with van der Waals surface area (Å²) in [6, 6.07) is 22.9. The van der Waals surface area contributed by atoms with E-state index in [-0.39, 0.29) is 29.3 Å². The first-order valence-electron chi connectivity index (χ1n) is 12.6. The second-order valence-electron chi connectivity index (χ2n) is 9.23. The number of hydrogen-bond acceptors (Lipinski definition) is 4. The Kier molecular flexibility index (Phi) is 9.31. The molecule has 3 aromatic carbocycles. The first-order valence-corrected chi connectivity index (χ1v) is 12.9. The maximum Gasteiger partial charge on any atom is 0.461 e. The highest BCUT2D eigenvalue weighted by Crippen LogP contribution is 2.37. The molecule has 1 heterocycles. The van der Waals surface area contributed by atoms with Gasteiger partial charge in [0.05, 0.1) is 22.1 Å². The van der Waals surface area contributed by atoms with E-state index in [9.17, 15) is 27.2 Å². The summed E-state index contributed by atoms with van der Waals surface area (Å²) in [6.45, 7) is 1.32. The van der Waals surface area contributed by atoms with Crippen LogP contribution in [0.1, 0.15) is 23.7 Å². The van der Waals surface area contributed by atoms with E-state index in [1.165, 1.54) is 25.3 Å². The number of pyridine rings is 1. The smallest absolute Gasteiger partial charge is 0.428 e. The number of ether oxygens (including phenoxy) is 1. The van der Waals surface area contributed by atoms with Gasteiger partial charge in [-0.1, -0.05) is 66.2 Å². The molecule has 0 aliphatic carbocycles. The molecular formula is C30H25ClF4N4O3. The van der Waals surface area contributed by atoms with Gasteiger partial charge >= 0.3 is 18.6 Å². The van der Waals surface area contributed by atoms with E-state index in [1.807, 2.05) is 0 Å². The average molecular weight is 601 g/mol. The molecule has 0 radical (unpaired) electrons. The molecule has 0 aliphatic rings. The molecule has 12 heteroatoms. The van der Waals surface area contributed by atoms with Crippen molar-refractivity contribution in [2.24, 2.45) is 0 Å². The number of amides is 3. The van der Waals surface area contributed by atoms with Crippen molar-refractivity contribution in [3.63, 3.8) is 0 Å². The number of carbonyl (C=O) groups excluding carboxylic acids is 2. The molecule has 3 N–H and O–H groups in total. The second kappa shape index (κ2) is 12.9. The fourth-order valence-corrected chi connectivity index (χ4v) is 4.43. The lowest BCUT2D eigenvalue weighted by molar-refractivity contribution is -0.253. The monoisotopic (exact) mass is 600 g/mol. The van der Waals surface area contributed by atoms with Crippen LogP contribution >= 0.6 is 11.6 Å². The summed E-state index contributed by atoms with van der Waals surface area (Å²) in [5.41, 5.74) is 0.239. The summed E-state index contributed by atoms with van der Waals surface area (Å²) in [7, 11) is 0. The Labute approximate surface area is 243 Å². The molecule has 0 bridgehead atoms. The Morgan fingerprint density at radius 3 is 2.19 bits per heavy atom. The van der Waals surface area contributed by atoms with Gasteiger partial charge in [0.1, 0.15) is 11.3 Å². The molecule has 0 aliphatic heterocycles. The van der Waals surface area contributed by atoms with Gasteiger partial charge in [0, 0.05) is 19.5 Å². The number of urea groups is 1. The molecule has 3 amide bonds. The predicted octanol–water partition coefficient (Wildman–Crippen LogP) is 7.24. The predicted molar refractivity (Wildman–Crippen MR) is 151 cm³/mol. The van der Waals surface area contributed by atoms with E-state index < -0.39 is 29.9 Å². The van der Waals surface area contributed by atoms with Crippen molar-refractivity contribution in [2.45, 2.75) is 31.4 Å². The van der Waals surface area contributed by atoms with E-state index >= 15 is 0 Å². The van der Waals surface area contributed by atoms with E-state index in [0.29, 0.717) is 10.7 Å². The van der Waals surface area contributed by atoms with E-state index in [1.54, 1.807) is 66.7 Å². The molecule has 0 fully saturated rings. The fourth-order valence-electron chi connectivity index (χ4n) is 4.32. The lowest BCUT2D eigenvalue weighted by atomic mass is 9.80. The third-order valence-corrected chi connectivity index (χ3v) is 6.35. The van der Waals surface area contributed by atoms with Crippen LogP contribution in [0.15, 0.2) is 97.2 Å². The number of benzene rings is 3. The first kappa shape index (κ1) is 30.3. The third-order valence-electron chi connectivity index (χ3n) is 6.12. The number of halogens is 5. The number of hydrogen-bond donors (Lipinski definition) is 3. The third kappa shape index (κ3) is 7.35. The minimum Gasteiger partial charge on any atom is -0.428 e. The molecule has 42 heavy (non-hydrogen) atoms. The zero-order valence-electron chi connectivity index (χ0n) is 22.1. The van der Waals surface area contributed by atoms with Gasteiger partial charge in [-0.15, -0.1) is 0 Å². The van der Waals surface area contributed by atoms with Crippen LogP contribution in [0.5, 0.6) is 5.75 Å². The second-order valence-corrected chi connectivity index (χ2v) is 9.66. The summed E-state index contributed by atoms with van der Waals surface area (Å²) in [5.74, 6) is -0.909. The van der Waals surface area contributed by atoms with Gasteiger partial charge in [-0.05, 0) is 47.5 Å². The van der Waals surface area contributed by atoms with Crippen LogP contribution in [0, 0.1) is 0 Å². The molecule has 1 atom stereocenters. The highest BCUT2D eigenvalue weighted by atomic mass is 35.5. The zero-order chi connectivity index (χ0) is 30.3. The SMILES string of the molecule is CC(=O)Nc1ccccc1NC(=O)N[C@@](Cc1ccccc1)(c1cccc(OC(F)(F)C(F)F)c1)c1ccc(Cl)cn1. The Morgan fingerprint density at radius 2 is 1.57 bits per heavy atom. The van der Waals surface area contributed by atoms with Crippen LogP contribution in [0.4, 0.5) is 33.7 Å². The van der Waals surface area contributed by atoms with Crippen molar-refractivity contribution in [3.8, 4) is 5.75 Å². The number of rotatable bonds is 10. The van der Waals surface area contributed by atoms with Crippen LogP contribution in [0.25, 0.3) is 0 Å². The van der Waals surface area contributed by atoms with Crippen LogP contribution in [0.2, 0.25) is 5.02 Å². The highest BCUT2D eigenvalue weighted by Gasteiger charge is 2.44. The van der Waals surface area contributed by atoms with Crippen molar-refractivity contribution in [2.75, 3.05) is 10.6 Å². The topological polar surface area (TPSA) is 92.4 Å². The normalized spacial score (nSPS) is 12.7. The van der Waals surface area contributed by atoms with E-state index in [2.05, 4.69) is 25.7 Å². The first-order chi connectivity index (χ1) is 20.0. The largest absolute Gasteiger partial charge is 0.461 e. The Morgan fingerprint density at radius 1 is 0.905 bits per heavy atom. The number of alkyl halides is 4. The molecule has 7 nitrogen and oxygen atoms in total. The van der Waals surface area contributed by atoms with Gasteiger partial charge in [-0.3, -0.25) is 9.78 Å². The van der Waals surface area contributed by atoms with Gasteiger partial charge < -0.3 is 20.7 Å². The molecule has 4 rings (SSSR count). The summed E-state index contributed by atoms with van der Waals surface area (Å²) in [4.78, 5) is 29.7. The van der Waals surface area contributed by atoms with Gasteiger partial charge in [0.2, 0.25) is 5.91 Å². The number of nitrogens with zero attached hydrogens (tertiary/aromatic N) is 1. The number of nitrogens with one attached hydrogen (secondary N) is 3. The Balaban J connectivity index is 1.84. The van der Waals surface area contributed by atoms with Crippen LogP contribution in [-0.4, -0.2) is 29.5 Å². The highest BCUT2D eigenvalue weighted by molar-refractivity contribution is 6.30. The quantitative estimate of drug-likeness (QED) is 0.167. The molecule has 4 aromatic rings. The van der Waals surface area contributed by atoms with Crippen LogP contribution in [-0.2, 0) is 16.8 Å². The summed E-state index contributed by atoms with van der Waals surface area (Å²) >= 11 is 6.10. The Hall–Kier alpha value is -4.64. The van der Waals surface area contributed by atoms with Crippen LogP contribution in [0.3, 0.4) is 0 Å². The van der Waals surface area contributed by atoms with E-state index in [0.717, 1.165) is 17.7 Å². The summed E-state index contributed by atoms with van der Waals surface area (Å²) in [6.07, 6.45) is -7.41. The van der Waals surface area contributed by atoms with Gasteiger partial charge in [-0.2, -0.15) is 17.6 Å². The molecule has 218 valence electrons. The molecular weight excluding hydrogens is 576 g/mol. The maximum atomic E-state index is 13.8. The number of anilines is 2. The van der Waals surface area contributed by atoms with Gasteiger partial charge in [0.25, 0.3) is 0 Å². The molecule has 1 aromatic heterocycles. The van der Waals surface area contributed by atoms with Crippen LogP contribution < -0.4 is 20.7 Å². The fraction of sp³-hybridized carbons (Fsp3) is 0.167.